The maximum Gasteiger partial charge on any atom is 0.322 e. The minimum atomic E-state index is -0.495. The predicted octanol–water partition coefficient (Wildman–Crippen LogP) is 4.52. The van der Waals surface area contributed by atoms with Gasteiger partial charge in [0.05, 0.1) is 24.4 Å². The van der Waals surface area contributed by atoms with E-state index in [0.29, 0.717) is 18.8 Å². The van der Waals surface area contributed by atoms with Crippen LogP contribution in [0.25, 0.3) is 0 Å². The monoisotopic (exact) mass is 403 g/mol. The quantitative estimate of drug-likeness (QED) is 0.780. The summed E-state index contributed by atoms with van der Waals surface area (Å²) in [6, 6.07) is 4.23. The van der Waals surface area contributed by atoms with Crippen LogP contribution in [0.2, 0.25) is 0 Å². The molecule has 29 heavy (non-hydrogen) atoms. The summed E-state index contributed by atoms with van der Waals surface area (Å²) in [4.78, 5) is 27.2. The van der Waals surface area contributed by atoms with Gasteiger partial charge in [0.2, 0.25) is 5.91 Å². The lowest BCUT2D eigenvalue weighted by Gasteiger charge is -2.43. The van der Waals surface area contributed by atoms with Crippen molar-refractivity contribution in [2.75, 3.05) is 23.8 Å². The first-order valence-corrected chi connectivity index (χ1v) is 10.9. The highest BCUT2D eigenvalue weighted by molar-refractivity contribution is 5.95. The molecule has 158 valence electrons. The number of benzene rings is 1. The van der Waals surface area contributed by atoms with E-state index >= 15 is 0 Å². The minimum Gasteiger partial charge on any atom is -0.374 e. The lowest BCUT2D eigenvalue weighted by atomic mass is 9.88. The van der Waals surface area contributed by atoms with Crippen LogP contribution in [-0.2, 0) is 9.53 Å². The second kappa shape index (κ2) is 9.11. The van der Waals surface area contributed by atoms with Gasteiger partial charge in [-0.2, -0.15) is 0 Å². The molecule has 1 aliphatic heterocycles. The fourth-order valence-electron chi connectivity index (χ4n) is 4.84. The van der Waals surface area contributed by atoms with Crippen molar-refractivity contribution >= 4 is 23.3 Å². The van der Waals surface area contributed by atoms with E-state index in [1.165, 1.54) is 18.2 Å². The number of hydrogen-bond acceptors (Lipinski definition) is 3. The molecule has 4 rings (SSSR count). The average Bonchev–Trinajstić information content (AvgIpc) is 2.76. The predicted molar refractivity (Wildman–Crippen MR) is 109 cm³/mol. The van der Waals surface area contributed by atoms with Gasteiger partial charge in [-0.1, -0.05) is 32.1 Å². The summed E-state index contributed by atoms with van der Waals surface area (Å²) < 4.78 is 20.1. The zero-order valence-electron chi connectivity index (χ0n) is 16.8. The van der Waals surface area contributed by atoms with Crippen molar-refractivity contribution in [2.24, 2.45) is 5.92 Å². The standard InChI is InChI=1S/C22H30FN3O3/c23-17-11-10-16(14-18(17)25-21(27)15-6-2-1-3-7-15)24-22(28)26-12-13-29-20-9-5-4-8-19(20)26/h10-11,14-15,19-20H,1-9,12-13H2,(H,24,28)(H,25,27)/t19-,20+/m0/s1. The average molecular weight is 403 g/mol. The smallest absolute Gasteiger partial charge is 0.322 e. The molecule has 2 aliphatic carbocycles. The van der Waals surface area contributed by atoms with Gasteiger partial charge in [0.25, 0.3) is 0 Å². The van der Waals surface area contributed by atoms with Crippen LogP contribution in [0.1, 0.15) is 57.8 Å². The van der Waals surface area contributed by atoms with Gasteiger partial charge in [0, 0.05) is 18.2 Å². The summed E-state index contributed by atoms with van der Waals surface area (Å²) in [5.74, 6) is -0.686. The third-order valence-electron chi connectivity index (χ3n) is 6.44. The van der Waals surface area contributed by atoms with Gasteiger partial charge >= 0.3 is 6.03 Å². The molecule has 2 saturated carbocycles. The molecule has 7 heteroatoms. The Morgan fingerprint density at radius 3 is 2.59 bits per heavy atom. The van der Waals surface area contributed by atoms with Crippen LogP contribution in [0, 0.1) is 11.7 Å². The molecule has 0 aromatic heterocycles. The molecule has 6 nitrogen and oxygen atoms in total. The third-order valence-corrected chi connectivity index (χ3v) is 6.44. The number of nitrogens with one attached hydrogen (secondary N) is 2. The number of morpholine rings is 1. The molecule has 3 amide bonds. The number of halogens is 1. The van der Waals surface area contributed by atoms with Gasteiger partial charge < -0.3 is 20.3 Å². The van der Waals surface area contributed by atoms with Crippen LogP contribution in [0.3, 0.4) is 0 Å². The Kier molecular flexibility index (Phi) is 6.33. The van der Waals surface area contributed by atoms with E-state index in [1.807, 2.05) is 4.90 Å². The van der Waals surface area contributed by atoms with Crippen LogP contribution in [0.5, 0.6) is 0 Å². The van der Waals surface area contributed by atoms with E-state index < -0.39 is 5.82 Å². The lowest BCUT2D eigenvalue weighted by Crippen LogP contribution is -2.55. The van der Waals surface area contributed by atoms with Gasteiger partial charge in [0.15, 0.2) is 0 Å². The Labute approximate surface area is 171 Å². The van der Waals surface area contributed by atoms with Crippen molar-refractivity contribution in [3.8, 4) is 0 Å². The number of hydrogen-bond donors (Lipinski definition) is 2. The van der Waals surface area contributed by atoms with Crippen molar-refractivity contribution in [2.45, 2.75) is 69.9 Å². The Hall–Kier alpha value is -2.15. The molecule has 1 aromatic rings. The summed E-state index contributed by atoms with van der Waals surface area (Å²) in [5, 5.41) is 5.60. The van der Waals surface area contributed by atoms with E-state index in [1.54, 1.807) is 0 Å². The summed E-state index contributed by atoms with van der Waals surface area (Å²) in [5.41, 5.74) is 0.602. The number of nitrogens with zero attached hydrogens (tertiary/aromatic N) is 1. The van der Waals surface area contributed by atoms with Crippen molar-refractivity contribution in [3.05, 3.63) is 24.0 Å². The summed E-state index contributed by atoms with van der Waals surface area (Å²) in [6.45, 7) is 1.10. The summed E-state index contributed by atoms with van der Waals surface area (Å²) in [6.07, 6.45) is 9.22. The molecular weight excluding hydrogens is 373 g/mol. The topological polar surface area (TPSA) is 70.7 Å². The number of carbonyl (C=O) groups is 2. The fourth-order valence-corrected chi connectivity index (χ4v) is 4.84. The largest absolute Gasteiger partial charge is 0.374 e. The van der Waals surface area contributed by atoms with Gasteiger partial charge in [0.1, 0.15) is 5.82 Å². The molecule has 1 saturated heterocycles. The van der Waals surface area contributed by atoms with Crippen LogP contribution in [0.15, 0.2) is 18.2 Å². The number of anilines is 2. The molecule has 0 bridgehead atoms. The SMILES string of the molecule is O=C(Nc1cc(NC(=O)N2CCO[C@@H]3CCCC[C@@H]32)ccc1F)C1CCCCC1. The molecule has 2 atom stereocenters. The summed E-state index contributed by atoms with van der Waals surface area (Å²) >= 11 is 0. The Morgan fingerprint density at radius 2 is 1.76 bits per heavy atom. The normalized spacial score (nSPS) is 25.2. The van der Waals surface area contributed by atoms with Crippen LogP contribution >= 0.6 is 0 Å². The van der Waals surface area contributed by atoms with Gasteiger partial charge in [-0.25, -0.2) is 9.18 Å². The highest BCUT2D eigenvalue weighted by Crippen LogP contribution is 2.30. The van der Waals surface area contributed by atoms with Gasteiger partial charge in [-0.05, 0) is 43.9 Å². The lowest BCUT2D eigenvalue weighted by molar-refractivity contribution is -0.120. The zero-order valence-corrected chi connectivity index (χ0v) is 16.8. The highest BCUT2D eigenvalue weighted by atomic mass is 19.1. The number of urea groups is 1. The Morgan fingerprint density at radius 1 is 1.00 bits per heavy atom. The molecule has 1 heterocycles. The van der Waals surface area contributed by atoms with E-state index in [9.17, 15) is 14.0 Å². The van der Waals surface area contributed by atoms with Crippen LogP contribution < -0.4 is 10.6 Å². The first-order valence-electron chi connectivity index (χ1n) is 10.9. The zero-order chi connectivity index (χ0) is 20.2. The Bertz CT molecular complexity index is 749. The van der Waals surface area contributed by atoms with E-state index in [2.05, 4.69) is 10.6 Å². The number of carbonyl (C=O) groups excluding carboxylic acids is 2. The maximum absolute atomic E-state index is 14.3. The van der Waals surface area contributed by atoms with Crippen molar-refractivity contribution in [1.82, 2.24) is 4.90 Å². The second-order valence-corrected chi connectivity index (χ2v) is 8.40. The number of fused-ring (bicyclic) bond motifs is 1. The van der Waals surface area contributed by atoms with Crippen molar-refractivity contribution in [3.63, 3.8) is 0 Å². The third kappa shape index (κ3) is 4.71. The van der Waals surface area contributed by atoms with E-state index in [0.717, 1.165) is 57.8 Å². The number of rotatable bonds is 3. The summed E-state index contributed by atoms with van der Waals surface area (Å²) in [7, 11) is 0. The van der Waals surface area contributed by atoms with Crippen molar-refractivity contribution < 1.29 is 18.7 Å². The molecule has 0 spiro atoms. The molecule has 3 fully saturated rings. The van der Waals surface area contributed by atoms with Gasteiger partial charge in [-0.3, -0.25) is 4.79 Å². The highest BCUT2D eigenvalue weighted by Gasteiger charge is 2.36. The molecular formula is C22H30FN3O3. The molecule has 1 aromatic carbocycles. The molecule has 0 unspecified atom stereocenters. The number of ether oxygens (including phenoxy) is 1. The Balaban J connectivity index is 1.41. The first-order chi connectivity index (χ1) is 14.1. The van der Waals surface area contributed by atoms with E-state index in [-0.39, 0.29) is 35.7 Å². The molecule has 2 N–H and O–H groups in total. The van der Waals surface area contributed by atoms with Gasteiger partial charge in [-0.15, -0.1) is 0 Å². The second-order valence-electron chi connectivity index (χ2n) is 8.40. The molecule has 3 aliphatic rings. The van der Waals surface area contributed by atoms with Crippen LogP contribution in [-0.4, -0.2) is 42.1 Å². The van der Waals surface area contributed by atoms with Crippen LogP contribution in [0.4, 0.5) is 20.6 Å². The van der Waals surface area contributed by atoms with E-state index in [4.69, 9.17) is 4.74 Å². The fraction of sp³-hybridized carbons (Fsp3) is 0.636. The molecule has 0 radical (unpaired) electrons. The minimum absolute atomic E-state index is 0.0574. The number of amides is 3. The van der Waals surface area contributed by atoms with Crippen molar-refractivity contribution in [1.29, 1.82) is 0 Å². The first kappa shape index (κ1) is 20.1. The maximum atomic E-state index is 14.3.